The summed E-state index contributed by atoms with van der Waals surface area (Å²) in [6.07, 6.45) is 3.09. The highest BCUT2D eigenvalue weighted by molar-refractivity contribution is 5.96. The second-order valence-corrected chi connectivity index (χ2v) is 6.06. The third-order valence-electron chi connectivity index (χ3n) is 4.38. The molecule has 22 heavy (non-hydrogen) atoms. The number of amides is 1. The number of pyridine rings is 1. The number of carbonyl (C=O) groups is 2. The van der Waals surface area contributed by atoms with Crippen LogP contribution in [0.25, 0.3) is 11.0 Å². The van der Waals surface area contributed by atoms with Gasteiger partial charge in [-0.1, -0.05) is 0 Å². The summed E-state index contributed by atoms with van der Waals surface area (Å²) in [6.45, 7) is 0.519. The highest BCUT2D eigenvalue weighted by Gasteiger charge is 2.30. The molecule has 0 aromatic carbocycles. The highest BCUT2D eigenvalue weighted by Crippen LogP contribution is 2.39. The van der Waals surface area contributed by atoms with Crippen molar-refractivity contribution in [1.82, 2.24) is 20.1 Å². The third kappa shape index (κ3) is 2.13. The summed E-state index contributed by atoms with van der Waals surface area (Å²) in [5.41, 5.74) is 7.41. The number of piperidine rings is 1. The van der Waals surface area contributed by atoms with Crippen molar-refractivity contribution >= 4 is 28.7 Å². The van der Waals surface area contributed by atoms with Crippen molar-refractivity contribution in [2.24, 2.45) is 5.92 Å². The van der Waals surface area contributed by atoms with Gasteiger partial charge in [0.25, 0.3) is 5.91 Å². The fourth-order valence-corrected chi connectivity index (χ4v) is 2.96. The van der Waals surface area contributed by atoms with Gasteiger partial charge >= 0.3 is 0 Å². The number of nitrogens with one attached hydrogen (secondary N) is 1. The van der Waals surface area contributed by atoms with Crippen molar-refractivity contribution < 1.29 is 9.59 Å². The number of nitrogen functional groups attached to an aromatic ring is 1. The third-order valence-corrected chi connectivity index (χ3v) is 4.38. The minimum atomic E-state index is -0.359. The maximum absolute atomic E-state index is 12.7. The molecule has 2 aromatic heterocycles. The van der Waals surface area contributed by atoms with Crippen molar-refractivity contribution in [3.8, 4) is 0 Å². The Hall–Kier alpha value is -2.44. The van der Waals surface area contributed by atoms with Gasteiger partial charge in [0.15, 0.2) is 11.5 Å². The Balaban J connectivity index is 1.75. The minimum absolute atomic E-state index is 0.0966. The molecule has 2 fully saturated rings. The summed E-state index contributed by atoms with van der Waals surface area (Å²) in [5, 5.41) is 7.59. The van der Waals surface area contributed by atoms with Crippen LogP contribution in [0.4, 0.5) is 5.82 Å². The Morgan fingerprint density at radius 2 is 2.14 bits per heavy atom. The number of nitrogens with zero attached hydrogens (tertiary/aromatic N) is 3. The van der Waals surface area contributed by atoms with Crippen LogP contribution in [0, 0.1) is 5.92 Å². The lowest BCUT2D eigenvalue weighted by Crippen LogP contribution is -2.38. The van der Waals surface area contributed by atoms with E-state index in [0.29, 0.717) is 35.7 Å². The molecule has 114 valence electrons. The van der Waals surface area contributed by atoms with Crippen LogP contribution in [0.1, 0.15) is 42.1 Å². The van der Waals surface area contributed by atoms with E-state index < -0.39 is 0 Å². The predicted molar refractivity (Wildman–Crippen MR) is 80.3 cm³/mol. The Morgan fingerprint density at radius 3 is 2.86 bits per heavy atom. The Labute approximate surface area is 126 Å². The van der Waals surface area contributed by atoms with E-state index in [1.807, 2.05) is 12.1 Å². The lowest BCUT2D eigenvalue weighted by molar-refractivity contribution is -0.123. The SMILES string of the molecule is Nc1nn(C(=O)C2CCNC(=O)C2)c2nc(C3CC3)ccc12. The van der Waals surface area contributed by atoms with Gasteiger partial charge in [-0.3, -0.25) is 9.59 Å². The molecule has 7 heteroatoms. The van der Waals surface area contributed by atoms with Crippen LogP contribution in [0.15, 0.2) is 12.1 Å². The van der Waals surface area contributed by atoms with Crippen LogP contribution in [0.2, 0.25) is 0 Å². The van der Waals surface area contributed by atoms with Gasteiger partial charge in [0, 0.05) is 24.6 Å². The largest absolute Gasteiger partial charge is 0.382 e. The van der Waals surface area contributed by atoms with Gasteiger partial charge in [0.05, 0.1) is 11.3 Å². The molecule has 1 aliphatic carbocycles. The summed E-state index contributed by atoms with van der Waals surface area (Å²) >= 11 is 0. The zero-order valence-electron chi connectivity index (χ0n) is 12.1. The number of anilines is 1. The van der Waals surface area contributed by atoms with E-state index in [-0.39, 0.29) is 24.2 Å². The monoisotopic (exact) mass is 299 g/mol. The first-order chi connectivity index (χ1) is 10.6. The number of hydrogen-bond acceptors (Lipinski definition) is 5. The van der Waals surface area contributed by atoms with Crippen molar-refractivity contribution in [3.05, 3.63) is 17.8 Å². The molecule has 4 rings (SSSR count). The van der Waals surface area contributed by atoms with Gasteiger partial charge < -0.3 is 11.1 Å². The van der Waals surface area contributed by atoms with Gasteiger partial charge in [-0.15, -0.1) is 5.10 Å². The van der Waals surface area contributed by atoms with Crippen LogP contribution in [-0.2, 0) is 4.79 Å². The average Bonchev–Trinajstić information content (AvgIpc) is 3.31. The van der Waals surface area contributed by atoms with Gasteiger partial charge in [-0.25, -0.2) is 4.98 Å². The first-order valence-electron chi connectivity index (χ1n) is 7.59. The molecule has 3 heterocycles. The predicted octanol–water partition coefficient (Wildman–Crippen LogP) is 1.06. The lowest BCUT2D eigenvalue weighted by atomic mass is 9.97. The van der Waals surface area contributed by atoms with Crippen LogP contribution in [-0.4, -0.2) is 33.1 Å². The fraction of sp³-hybridized carbons (Fsp3) is 0.467. The van der Waals surface area contributed by atoms with Gasteiger partial charge in [-0.05, 0) is 31.4 Å². The fourth-order valence-electron chi connectivity index (χ4n) is 2.96. The summed E-state index contributed by atoms with van der Waals surface area (Å²) in [7, 11) is 0. The number of hydrogen-bond donors (Lipinski definition) is 2. The molecule has 7 nitrogen and oxygen atoms in total. The zero-order chi connectivity index (χ0) is 15.3. The van der Waals surface area contributed by atoms with E-state index in [4.69, 9.17) is 5.73 Å². The maximum Gasteiger partial charge on any atom is 0.252 e. The molecular weight excluding hydrogens is 282 g/mol. The topological polar surface area (TPSA) is 103 Å². The first kappa shape index (κ1) is 13.2. The zero-order valence-corrected chi connectivity index (χ0v) is 12.1. The lowest BCUT2D eigenvalue weighted by Gasteiger charge is -2.20. The van der Waals surface area contributed by atoms with Crippen molar-refractivity contribution in [1.29, 1.82) is 0 Å². The molecule has 0 spiro atoms. The molecular formula is C15H17N5O2. The number of carbonyl (C=O) groups excluding carboxylic acids is 2. The van der Waals surface area contributed by atoms with E-state index in [2.05, 4.69) is 15.4 Å². The van der Waals surface area contributed by atoms with Gasteiger partial charge in [0.1, 0.15) is 0 Å². The number of rotatable bonds is 2. The van der Waals surface area contributed by atoms with Crippen LogP contribution in [0.3, 0.4) is 0 Å². The Kier molecular flexibility index (Phi) is 2.88. The molecule has 1 atom stereocenters. The standard InChI is InChI=1S/C15H17N5O2/c16-13-10-3-4-11(8-1-2-8)18-14(10)20(19-13)15(22)9-5-6-17-12(21)7-9/h3-4,8-9H,1-2,5-7H2,(H2,16,19)(H,17,21). The normalized spacial score (nSPS) is 21.8. The summed E-state index contributed by atoms with van der Waals surface area (Å²) in [5.74, 6) is 0.142. The second-order valence-electron chi connectivity index (χ2n) is 6.06. The summed E-state index contributed by atoms with van der Waals surface area (Å²) in [6, 6.07) is 3.84. The number of aromatic nitrogens is 3. The van der Waals surface area contributed by atoms with Crippen molar-refractivity contribution in [3.63, 3.8) is 0 Å². The molecule has 1 saturated heterocycles. The van der Waals surface area contributed by atoms with Gasteiger partial charge in [0.2, 0.25) is 5.91 Å². The van der Waals surface area contributed by atoms with Crippen LogP contribution in [0.5, 0.6) is 0 Å². The highest BCUT2D eigenvalue weighted by atomic mass is 16.2. The quantitative estimate of drug-likeness (QED) is 0.863. The Bertz CT molecular complexity index is 778. The number of fused-ring (bicyclic) bond motifs is 1. The van der Waals surface area contributed by atoms with E-state index in [1.54, 1.807) is 0 Å². The van der Waals surface area contributed by atoms with E-state index >= 15 is 0 Å². The molecule has 0 radical (unpaired) electrons. The molecule has 1 aliphatic heterocycles. The van der Waals surface area contributed by atoms with Crippen molar-refractivity contribution in [2.45, 2.75) is 31.6 Å². The molecule has 2 aromatic rings. The van der Waals surface area contributed by atoms with Crippen LogP contribution < -0.4 is 11.1 Å². The Morgan fingerprint density at radius 1 is 1.32 bits per heavy atom. The minimum Gasteiger partial charge on any atom is -0.382 e. The van der Waals surface area contributed by atoms with E-state index in [9.17, 15) is 9.59 Å². The molecule has 0 bridgehead atoms. The molecule has 2 aliphatic rings. The first-order valence-corrected chi connectivity index (χ1v) is 7.59. The second kappa shape index (κ2) is 4.79. The molecule has 1 amide bonds. The van der Waals surface area contributed by atoms with Crippen molar-refractivity contribution in [2.75, 3.05) is 12.3 Å². The summed E-state index contributed by atoms with van der Waals surface area (Å²) < 4.78 is 1.29. The number of nitrogens with two attached hydrogens (primary N) is 1. The molecule has 1 saturated carbocycles. The molecule has 1 unspecified atom stereocenters. The molecule has 3 N–H and O–H groups in total. The average molecular weight is 299 g/mol. The smallest absolute Gasteiger partial charge is 0.252 e. The van der Waals surface area contributed by atoms with Gasteiger partial charge in [-0.2, -0.15) is 4.68 Å². The van der Waals surface area contributed by atoms with Crippen LogP contribution >= 0.6 is 0 Å². The van der Waals surface area contributed by atoms with E-state index in [1.165, 1.54) is 4.68 Å². The maximum atomic E-state index is 12.7. The van der Waals surface area contributed by atoms with E-state index in [0.717, 1.165) is 18.5 Å². The summed E-state index contributed by atoms with van der Waals surface area (Å²) in [4.78, 5) is 28.8.